The van der Waals surface area contributed by atoms with Gasteiger partial charge in [-0.25, -0.2) is 4.79 Å². The van der Waals surface area contributed by atoms with Crippen molar-refractivity contribution < 1.29 is 14.5 Å². The van der Waals surface area contributed by atoms with Gasteiger partial charge in [0.2, 0.25) is 0 Å². The fourth-order valence-electron chi connectivity index (χ4n) is 3.38. The molecule has 0 radical (unpaired) electrons. The summed E-state index contributed by atoms with van der Waals surface area (Å²) in [5.74, 6) is 0. The zero-order chi connectivity index (χ0) is 22.1. The Morgan fingerprint density at radius 2 is 1.84 bits per heavy atom. The molecular weight excluding hydrogens is 416 g/mol. The number of non-ortho nitro benzene ring substituents is 1. The van der Waals surface area contributed by atoms with Crippen molar-refractivity contribution in [1.82, 2.24) is 9.80 Å². The van der Waals surface area contributed by atoms with Crippen LogP contribution in [-0.4, -0.2) is 66.4 Å². The highest BCUT2D eigenvalue weighted by atomic mass is 32.2. The summed E-state index contributed by atoms with van der Waals surface area (Å²) in [6, 6.07) is 13.9. The Morgan fingerprint density at radius 3 is 2.45 bits per heavy atom. The van der Waals surface area contributed by atoms with Crippen molar-refractivity contribution in [1.29, 1.82) is 0 Å². The number of ether oxygens (including phenoxy) is 1. The average Bonchev–Trinajstić information content (AvgIpc) is 2.80. The van der Waals surface area contributed by atoms with E-state index in [0.717, 1.165) is 55.4 Å². The first-order chi connectivity index (χ1) is 15.0. The van der Waals surface area contributed by atoms with E-state index >= 15 is 0 Å². The van der Waals surface area contributed by atoms with Crippen LogP contribution in [0.15, 0.2) is 53.4 Å². The Bertz CT molecular complexity index is 855. The van der Waals surface area contributed by atoms with E-state index in [-0.39, 0.29) is 11.7 Å². The maximum Gasteiger partial charge on any atom is 0.322 e. The van der Waals surface area contributed by atoms with Gasteiger partial charge in [-0.2, -0.15) is 0 Å². The molecule has 0 spiro atoms. The second-order valence-electron chi connectivity index (χ2n) is 7.31. The van der Waals surface area contributed by atoms with Gasteiger partial charge in [0, 0.05) is 55.4 Å². The van der Waals surface area contributed by atoms with Crippen LogP contribution in [0.3, 0.4) is 0 Å². The summed E-state index contributed by atoms with van der Waals surface area (Å²) in [5, 5.41) is 13.9. The van der Waals surface area contributed by atoms with E-state index in [1.165, 1.54) is 12.1 Å². The molecule has 2 amide bonds. The molecule has 0 saturated carbocycles. The third-order valence-corrected chi connectivity index (χ3v) is 5.90. The Hall–Kier alpha value is -2.62. The van der Waals surface area contributed by atoms with Crippen molar-refractivity contribution in [2.75, 3.05) is 51.0 Å². The van der Waals surface area contributed by atoms with Crippen LogP contribution < -0.4 is 5.32 Å². The number of anilines is 1. The monoisotopic (exact) mass is 444 g/mol. The van der Waals surface area contributed by atoms with Crippen molar-refractivity contribution in [2.24, 2.45) is 0 Å². The molecule has 0 bridgehead atoms. The van der Waals surface area contributed by atoms with Gasteiger partial charge < -0.3 is 15.0 Å². The standard InChI is InChI=1S/C22H28N4O4S/c1-31-21-9-5-19(6-10-21)23-22(27)25(12-2-11-24-13-15-30-16-14-24)17-18-3-7-20(8-4-18)26(28)29/h3-10H,2,11-17H2,1H3,(H,23,27). The molecule has 1 saturated heterocycles. The molecule has 1 heterocycles. The van der Waals surface area contributed by atoms with Crippen LogP contribution in [0.5, 0.6) is 0 Å². The van der Waals surface area contributed by atoms with Crippen LogP contribution in [0, 0.1) is 10.1 Å². The van der Waals surface area contributed by atoms with Crippen molar-refractivity contribution in [3.05, 3.63) is 64.2 Å². The van der Waals surface area contributed by atoms with E-state index in [1.54, 1.807) is 28.8 Å². The second-order valence-corrected chi connectivity index (χ2v) is 8.19. The van der Waals surface area contributed by atoms with Crippen molar-refractivity contribution >= 4 is 29.2 Å². The lowest BCUT2D eigenvalue weighted by Crippen LogP contribution is -2.40. The van der Waals surface area contributed by atoms with Crippen molar-refractivity contribution in [3.8, 4) is 0 Å². The van der Waals surface area contributed by atoms with E-state index in [1.807, 2.05) is 30.5 Å². The number of hydrogen-bond donors (Lipinski definition) is 1. The third-order valence-electron chi connectivity index (χ3n) is 5.16. The maximum absolute atomic E-state index is 13.0. The normalized spacial score (nSPS) is 14.2. The summed E-state index contributed by atoms with van der Waals surface area (Å²) in [4.78, 5) is 28.7. The molecule has 31 heavy (non-hydrogen) atoms. The van der Waals surface area contributed by atoms with Gasteiger partial charge in [0.15, 0.2) is 0 Å². The Balaban J connectivity index is 1.64. The highest BCUT2D eigenvalue weighted by Crippen LogP contribution is 2.19. The minimum Gasteiger partial charge on any atom is -0.379 e. The van der Waals surface area contributed by atoms with Gasteiger partial charge in [-0.05, 0) is 42.5 Å². The van der Waals surface area contributed by atoms with E-state index < -0.39 is 4.92 Å². The first-order valence-electron chi connectivity index (χ1n) is 10.3. The number of urea groups is 1. The number of carbonyl (C=O) groups is 1. The fourth-order valence-corrected chi connectivity index (χ4v) is 3.79. The number of thioether (sulfide) groups is 1. The Labute approximate surface area is 186 Å². The second kappa shape index (κ2) is 11.7. The smallest absolute Gasteiger partial charge is 0.322 e. The number of hydrogen-bond acceptors (Lipinski definition) is 6. The lowest BCUT2D eigenvalue weighted by molar-refractivity contribution is -0.384. The lowest BCUT2D eigenvalue weighted by Gasteiger charge is -2.28. The molecule has 0 unspecified atom stereocenters. The minimum atomic E-state index is -0.422. The molecule has 3 rings (SSSR count). The number of nitrogens with one attached hydrogen (secondary N) is 1. The summed E-state index contributed by atoms with van der Waals surface area (Å²) in [5.41, 5.74) is 1.63. The van der Waals surface area contributed by atoms with Crippen LogP contribution in [-0.2, 0) is 11.3 Å². The molecular formula is C22H28N4O4S. The molecule has 9 heteroatoms. The quantitative estimate of drug-likeness (QED) is 0.356. The molecule has 166 valence electrons. The number of nitro benzene ring substituents is 1. The van der Waals surface area contributed by atoms with Crippen LogP contribution in [0.25, 0.3) is 0 Å². The Morgan fingerprint density at radius 1 is 1.16 bits per heavy atom. The summed E-state index contributed by atoms with van der Waals surface area (Å²) in [6.07, 6.45) is 2.85. The van der Waals surface area contributed by atoms with Crippen molar-refractivity contribution in [3.63, 3.8) is 0 Å². The predicted molar refractivity (Wildman–Crippen MR) is 123 cm³/mol. The van der Waals surface area contributed by atoms with Gasteiger partial charge in [-0.15, -0.1) is 11.8 Å². The van der Waals surface area contributed by atoms with Gasteiger partial charge >= 0.3 is 6.03 Å². The molecule has 1 aliphatic heterocycles. The van der Waals surface area contributed by atoms with Crippen molar-refractivity contribution in [2.45, 2.75) is 17.9 Å². The molecule has 1 fully saturated rings. The van der Waals surface area contributed by atoms with Gasteiger partial charge in [-0.1, -0.05) is 12.1 Å². The van der Waals surface area contributed by atoms with E-state index in [9.17, 15) is 14.9 Å². The van der Waals surface area contributed by atoms with Crippen LogP contribution >= 0.6 is 11.8 Å². The Kier molecular flexibility index (Phi) is 8.69. The molecule has 2 aromatic rings. The maximum atomic E-state index is 13.0. The number of rotatable bonds is 9. The highest BCUT2D eigenvalue weighted by molar-refractivity contribution is 7.98. The molecule has 2 aromatic carbocycles. The topological polar surface area (TPSA) is 88.0 Å². The number of morpholine rings is 1. The molecule has 0 aromatic heterocycles. The SMILES string of the molecule is CSc1ccc(NC(=O)N(CCCN2CCOCC2)Cc2ccc([N+](=O)[O-])cc2)cc1. The van der Waals surface area contributed by atoms with E-state index in [0.29, 0.717) is 13.1 Å². The molecule has 0 atom stereocenters. The van der Waals surface area contributed by atoms with E-state index in [2.05, 4.69) is 10.2 Å². The third kappa shape index (κ3) is 7.23. The number of carbonyl (C=O) groups excluding carboxylic acids is 1. The number of nitrogens with zero attached hydrogens (tertiary/aromatic N) is 3. The highest BCUT2D eigenvalue weighted by Gasteiger charge is 2.17. The minimum absolute atomic E-state index is 0.0425. The zero-order valence-corrected chi connectivity index (χ0v) is 18.5. The van der Waals surface area contributed by atoms with Gasteiger partial charge in [0.25, 0.3) is 5.69 Å². The first kappa shape index (κ1) is 23.1. The van der Waals surface area contributed by atoms with E-state index in [4.69, 9.17) is 4.74 Å². The number of nitro groups is 1. The first-order valence-corrected chi connectivity index (χ1v) is 11.5. The summed E-state index contributed by atoms with van der Waals surface area (Å²) < 4.78 is 5.39. The van der Waals surface area contributed by atoms with Crippen LogP contribution in [0.4, 0.5) is 16.2 Å². The summed E-state index contributed by atoms with van der Waals surface area (Å²) in [7, 11) is 0. The largest absolute Gasteiger partial charge is 0.379 e. The fraction of sp³-hybridized carbons (Fsp3) is 0.409. The molecule has 1 N–H and O–H groups in total. The number of amides is 2. The molecule has 8 nitrogen and oxygen atoms in total. The zero-order valence-electron chi connectivity index (χ0n) is 17.7. The lowest BCUT2D eigenvalue weighted by atomic mass is 10.2. The van der Waals surface area contributed by atoms with Gasteiger partial charge in [0.05, 0.1) is 18.1 Å². The van der Waals surface area contributed by atoms with Crippen LogP contribution in [0.1, 0.15) is 12.0 Å². The van der Waals surface area contributed by atoms with Gasteiger partial charge in [0.1, 0.15) is 0 Å². The molecule has 1 aliphatic rings. The number of benzene rings is 2. The molecule has 0 aliphatic carbocycles. The predicted octanol–water partition coefficient (Wildman–Crippen LogP) is 4.07. The van der Waals surface area contributed by atoms with Crippen LogP contribution in [0.2, 0.25) is 0 Å². The summed E-state index contributed by atoms with van der Waals surface area (Å²) >= 11 is 1.65. The average molecular weight is 445 g/mol. The summed E-state index contributed by atoms with van der Waals surface area (Å²) in [6.45, 7) is 5.19. The van der Waals surface area contributed by atoms with Gasteiger partial charge in [-0.3, -0.25) is 15.0 Å².